The standard InChI is InChI=1S/C16H17BrN2O2S/c1-22(20,21)18-15-9-13(17)10-16-14(15)7-8-19(16)11-12-5-3-2-4-6-12/h2-6,9-10,18H,7-8,11H2,1H3. The summed E-state index contributed by atoms with van der Waals surface area (Å²) >= 11 is 3.47. The summed E-state index contributed by atoms with van der Waals surface area (Å²) in [5, 5.41) is 0. The second-order valence-corrected chi connectivity index (χ2v) is 8.15. The third kappa shape index (κ3) is 3.44. The van der Waals surface area contributed by atoms with E-state index in [-0.39, 0.29) is 0 Å². The zero-order valence-corrected chi connectivity index (χ0v) is 14.6. The molecule has 0 aliphatic carbocycles. The van der Waals surface area contributed by atoms with Crippen LogP contribution in [0, 0.1) is 0 Å². The van der Waals surface area contributed by atoms with Crippen LogP contribution in [0.1, 0.15) is 11.1 Å². The average molecular weight is 381 g/mol. The highest BCUT2D eigenvalue weighted by Gasteiger charge is 2.23. The third-order valence-electron chi connectivity index (χ3n) is 3.68. The molecule has 0 spiro atoms. The molecule has 116 valence electrons. The molecule has 0 amide bonds. The van der Waals surface area contributed by atoms with Crippen LogP contribution in [0.15, 0.2) is 46.9 Å². The lowest BCUT2D eigenvalue weighted by Crippen LogP contribution is -2.19. The molecule has 0 atom stereocenters. The van der Waals surface area contributed by atoms with Crippen molar-refractivity contribution in [2.24, 2.45) is 0 Å². The minimum Gasteiger partial charge on any atom is -0.367 e. The molecule has 0 unspecified atom stereocenters. The first-order valence-corrected chi connectivity index (χ1v) is 9.70. The molecule has 0 bridgehead atoms. The number of rotatable bonds is 4. The number of fused-ring (bicyclic) bond motifs is 1. The fourth-order valence-electron chi connectivity index (χ4n) is 2.79. The largest absolute Gasteiger partial charge is 0.367 e. The average Bonchev–Trinajstić information content (AvgIpc) is 2.81. The summed E-state index contributed by atoms with van der Waals surface area (Å²) < 4.78 is 26.6. The molecule has 2 aromatic carbocycles. The Hall–Kier alpha value is -1.53. The van der Waals surface area contributed by atoms with E-state index < -0.39 is 10.0 Å². The monoisotopic (exact) mass is 380 g/mol. The van der Waals surface area contributed by atoms with Gasteiger partial charge in [0.15, 0.2) is 0 Å². The van der Waals surface area contributed by atoms with Gasteiger partial charge in [-0.2, -0.15) is 0 Å². The fourth-order valence-corrected chi connectivity index (χ4v) is 3.82. The summed E-state index contributed by atoms with van der Waals surface area (Å²) in [4.78, 5) is 2.28. The molecule has 1 aliphatic heterocycles. The fraction of sp³-hybridized carbons (Fsp3) is 0.250. The van der Waals surface area contributed by atoms with Crippen molar-refractivity contribution >= 4 is 37.3 Å². The quantitative estimate of drug-likeness (QED) is 0.884. The van der Waals surface area contributed by atoms with Crippen LogP contribution in [0.3, 0.4) is 0 Å². The third-order valence-corrected chi connectivity index (χ3v) is 4.72. The Labute approximate surface area is 139 Å². The Morgan fingerprint density at radius 1 is 1.23 bits per heavy atom. The van der Waals surface area contributed by atoms with Crippen LogP contribution in [-0.4, -0.2) is 21.2 Å². The lowest BCUT2D eigenvalue weighted by atomic mass is 10.1. The smallest absolute Gasteiger partial charge is 0.229 e. The van der Waals surface area contributed by atoms with Crippen LogP contribution in [0.25, 0.3) is 0 Å². The highest BCUT2D eigenvalue weighted by molar-refractivity contribution is 9.10. The molecular formula is C16H17BrN2O2S. The number of benzene rings is 2. The maximum Gasteiger partial charge on any atom is 0.229 e. The molecule has 6 heteroatoms. The van der Waals surface area contributed by atoms with Gasteiger partial charge < -0.3 is 4.90 Å². The Kier molecular flexibility index (Phi) is 4.14. The number of hydrogen-bond acceptors (Lipinski definition) is 3. The molecule has 1 aliphatic rings. The highest BCUT2D eigenvalue weighted by atomic mass is 79.9. The van der Waals surface area contributed by atoms with Crippen LogP contribution in [0.4, 0.5) is 11.4 Å². The van der Waals surface area contributed by atoms with Crippen molar-refractivity contribution in [2.75, 3.05) is 22.4 Å². The van der Waals surface area contributed by atoms with Crippen molar-refractivity contribution in [3.05, 3.63) is 58.1 Å². The summed E-state index contributed by atoms with van der Waals surface area (Å²) in [6.45, 7) is 1.71. The molecule has 0 aromatic heterocycles. The first kappa shape index (κ1) is 15.4. The Bertz CT molecular complexity index is 791. The van der Waals surface area contributed by atoms with Gasteiger partial charge in [0.2, 0.25) is 10.0 Å². The molecule has 4 nitrogen and oxygen atoms in total. The molecule has 1 heterocycles. The zero-order chi connectivity index (χ0) is 15.7. The minimum absolute atomic E-state index is 0.669. The van der Waals surface area contributed by atoms with Crippen molar-refractivity contribution in [1.29, 1.82) is 0 Å². The van der Waals surface area contributed by atoms with Gasteiger partial charge in [0.1, 0.15) is 0 Å². The Morgan fingerprint density at radius 3 is 2.64 bits per heavy atom. The molecular weight excluding hydrogens is 364 g/mol. The van der Waals surface area contributed by atoms with Gasteiger partial charge in [0.05, 0.1) is 11.9 Å². The molecule has 0 saturated heterocycles. The molecule has 0 radical (unpaired) electrons. The van der Waals surface area contributed by atoms with Gasteiger partial charge in [-0.15, -0.1) is 0 Å². The van der Waals surface area contributed by atoms with E-state index in [0.717, 1.165) is 35.2 Å². The second-order valence-electron chi connectivity index (χ2n) is 5.48. The predicted octanol–water partition coefficient (Wildman–Crippen LogP) is 3.38. The van der Waals surface area contributed by atoms with Crippen LogP contribution in [0.5, 0.6) is 0 Å². The lowest BCUT2D eigenvalue weighted by Gasteiger charge is -2.20. The number of halogens is 1. The van der Waals surface area contributed by atoms with Crippen molar-refractivity contribution in [3.8, 4) is 0 Å². The normalized spacial score (nSPS) is 14.0. The first-order valence-electron chi connectivity index (χ1n) is 7.01. The maximum atomic E-state index is 11.5. The van der Waals surface area contributed by atoms with Gasteiger partial charge >= 0.3 is 0 Å². The summed E-state index contributed by atoms with van der Waals surface area (Å²) in [6, 6.07) is 14.2. The van der Waals surface area contributed by atoms with Gasteiger partial charge in [0, 0.05) is 28.8 Å². The van der Waals surface area contributed by atoms with Crippen molar-refractivity contribution in [1.82, 2.24) is 0 Å². The van der Waals surface area contributed by atoms with Gasteiger partial charge in [-0.25, -0.2) is 8.42 Å². The lowest BCUT2D eigenvalue weighted by molar-refractivity contribution is 0.607. The summed E-state index contributed by atoms with van der Waals surface area (Å²) in [5.41, 5.74) is 4.06. The molecule has 0 saturated carbocycles. The van der Waals surface area contributed by atoms with Crippen LogP contribution in [0.2, 0.25) is 0 Å². The van der Waals surface area contributed by atoms with Crippen LogP contribution in [-0.2, 0) is 23.0 Å². The molecule has 0 fully saturated rings. The van der Waals surface area contributed by atoms with E-state index in [9.17, 15) is 8.42 Å². The molecule has 2 aromatic rings. The Morgan fingerprint density at radius 2 is 1.95 bits per heavy atom. The SMILES string of the molecule is CS(=O)(=O)Nc1cc(Br)cc2c1CCN2Cc1ccccc1. The van der Waals surface area contributed by atoms with Crippen LogP contribution >= 0.6 is 15.9 Å². The van der Waals surface area contributed by atoms with E-state index in [1.54, 1.807) is 0 Å². The molecule has 3 rings (SSSR count). The van der Waals surface area contributed by atoms with Crippen molar-refractivity contribution in [3.63, 3.8) is 0 Å². The summed E-state index contributed by atoms with van der Waals surface area (Å²) in [6.07, 6.45) is 2.02. The minimum atomic E-state index is -3.28. The number of nitrogens with one attached hydrogen (secondary N) is 1. The number of sulfonamides is 1. The van der Waals surface area contributed by atoms with Gasteiger partial charge in [0.25, 0.3) is 0 Å². The van der Waals surface area contributed by atoms with Crippen molar-refractivity contribution in [2.45, 2.75) is 13.0 Å². The molecule has 22 heavy (non-hydrogen) atoms. The zero-order valence-electron chi connectivity index (χ0n) is 12.2. The Balaban J connectivity index is 1.94. The van der Waals surface area contributed by atoms with Gasteiger partial charge in [-0.3, -0.25) is 4.72 Å². The van der Waals surface area contributed by atoms with Gasteiger partial charge in [-0.1, -0.05) is 46.3 Å². The van der Waals surface area contributed by atoms with E-state index >= 15 is 0 Å². The second kappa shape index (κ2) is 5.93. The van der Waals surface area contributed by atoms with E-state index in [4.69, 9.17) is 0 Å². The van der Waals surface area contributed by atoms with Crippen LogP contribution < -0.4 is 9.62 Å². The summed E-state index contributed by atoms with van der Waals surface area (Å²) in [5.74, 6) is 0. The van der Waals surface area contributed by atoms with Gasteiger partial charge in [-0.05, 0) is 24.1 Å². The number of hydrogen-bond donors (Lipinski definition) is 1. The highest BCUT2D eigenvalue weighted by Crippen LogP contribution is 2.38. The van der Waals surface area contributed by atoms with E-state index in [1.165, 1.54) is 11.8 Å². The van der Waals surface area contributed by atoms with E-state index in [0.29, 0.717) is 5.69 Å². The predicted molar refractivity (Wildman–Crippen MR) is 93.8 cm³/mol. The topological polar surface area (TPSA) is 49.4 Å². The molecule has 1 N–H and O–H groups in total. The van der Waals surface area contributed by atoms with E-state index in [1.807, 2.05) is 24.3 Å². The number of anilines is 2. The number of nitrogens with zero attached hydrogens (tertiary/aromatic N) is 1. The summed E-state index contributed by atoms with van der Waals surface area (Å²) in [7, 11) is -3.28. The maximum absolute atomic E-state index is 11.5. The first-order chi connectivity index (χ1) is 10.4. The van der Waals surface area contributed by atoms with Crippen molar-refractivity contribution < 1.29 is 8.42 Å². The van der Waals surface area contributed by atoms with E-state index in [2.05, 4.69) is 43.8 Å².